The highest BCUT2D eigenvalue weighted by Crippen LogP contribution is 2.50. The van der Waals surface area contributed by atoms with Crippen LogP contribution in [0.4, 0.5) is 0 Å². The maximum atomic E-state index is 12.9. The number of nitrogens with zero attached hydrogens (tertiary/aromatic N) is 1. The van der Waals surface area contributed by atoms with E-state index in [1.54, 1.807) is 0 Å². The summed E-state index contributed by atoms with van der Waals surface area (Å²) < 4.78 is 1.07. The highest BCUT2D eigenvalue weighted by molar-refractivity contribution is 9.10. The molecule has 1 aromatic rings. The molecule has 1 saturated carbocycles. The van der Waals surface area contributed by atoms with E-state index in [-0.39, 0.29) is 5.41 Å². The fourth-order valence-electron chi connectivity index (χ4n) is 3.19. The van der Waals surface area contributed by atoms with Crippen LogP contribution < -0.4 is 5.32 Å². The van der Waals surface area contributed by atoms with Crippen molar-refractivity contribution in [3.05, 3.63) is 34.3 Å². The van der Waals surface area contributed by atoms with Gasteiger partial charge in [0.1, 0.15) is 0 Å². The van der Waals surface area contributed by atoms with Crippen LogP contribution in [0.25, 0.3) is 0 Å². The molecule has 108 valence electrons. The van der Waals surface area contributed by atoms with E-state index < -0.39 is 0 Å². The Labute approximate surface area is 128 Å². The van der Waals surface area contributed by atoms with Gasteiger partial charge in [-0.25, -0.2) is 0 Å². The molecule has 4 heteroatoms. The van der Waals surface area contributed by atoms with Gasteiger partial charge in [0, 0.05) is 23.6 Å². The molecule has 3 nitrogen and oxygen atoms in total. The maximum Gasteiger partial charge on any atom is 0.233 e. The van der Waals surface area contributed by atoms with Crippen LogP contribution in [0.15, 0.2) is 28.7 Å². The van der Waals surface area contributed by atoms with Gasteiger partial charge in [0.2, 0.25) is 5.91 Å². The molecule has 3 rings (SSSR count). The predicted molar refractivity (Wildman–Crippen MR) is 83.7 cm³/mol. The summed E-state index contributed by atoms with van der Waals surface area (Å²) in [7, 11) is 2.01. The summed E-state index contributed by atoms with van der Waals surface area (Å²) in [5.74, 6) is 0.342. The van der Waals surface area contributed by atoms with Crippen molar-refractivity contribution in [3.8, 4) is 0 Å². The van der Waals surface area contributed by atoms with Crippen LogP contribution in [-0.2, 0) is 10.2 Å². The summed E-state index contributed by atoms with van der Waals surface area (Å²) in [4.78, 5) is 14.9. The Kier molecular flexibility index (Phi) is 3.87. The van der Waals surface area contributed by atoms with Crippen molar-refractivity contribution >= 4 is 21.8 Å². The van der Waals surface area contributed by atoms with Crippen molar-refractivity contribution in [1.82, 2.24) is 10.2 Å². The van der Waals surface area contributed by atoms with Crippen molar-refractivity contribution in [1.29, 1.82) is 0 Å². The van der Waals surface area contributed by atoms with E-state index in [9.17, 15) is 4.79 Å². The van der Waals surface area contributed by atoms with Gasteiger partial charge in [-0.3, -0.25) is 4.79 Å². The molecule has 20 heavy (non-hydrogen) atoms. The number of likely N-dealkylation sites (tertiary alicyclic amines) is 1. The fraction of sp³-hybridized carbons (Fsp3) is 0.562. The number of benzene rings is 1. The molecule has 1 heterocycles. The smallest absolute Gasteiger partial charge is 0.233 e. The first-order chi connectivity index (χ1) is 9.65. The van der Waals surface area contributed by atoms with Gasteiger partial charge in [0.25, 0.3) is 0 Å². The van der Waals surface area contributed by atoms with Gasteiger partial charge in [0.15, 0.2) is 0 Å². The SMILES string of the molecule is CNC1CCN(C(=O)C2(c3ccc(Br)cc3)CC2)CC1. The van der Waals surface area contributed by atoms with Crippen LogP contribution in [0, 0.1) is 0 Å². The topological polar surface area (TPSA) is 32.3 Å². The van der Waals surface area contributed by atoms with Crippen LogP contribution in [-0.4, -0.2) is 37.0 Å². The van der Waals surface area contributed by atoms with Gasteiger partial charge < -0.3 is 10.2 Å². The first kappa shape index (κ1) is 14.1. The molecule has 1 aromatic carbocycles. The first-order valence-corrected chi connectivity index (χ1v) is 8.18. The number of carbonyl (C=O) groups is 1. The number of nitrogens with one attached hydrogen (secondary N) is 1. The normalized spacial score (nSPS) is 21.8. The average Bonchev–Trinajstić information content (AvgIpc) is 3.29. The van der Waals surface area contributed by atoms with E-state index in [2.05, 4.69) is 38.3 Å². The number of piperidine rings is 1. The third kappa shape index (κ3) is 2.51. The van der Waals surface area contributed by atoms with Gasteiger partial charge in [-0.15, -0.1) is 0 Å². The lowest BCUT2D eigenvalue weighted by molar-refractivity contribution is -0.135. The van der Waals surface area contributed by atoms with Gasteiger partial charge in [-0.1, -0.05) is 28.1 Å². The number of halogens is 1. The molecule has 1 aliphatic carbocycles. The largest absolute Gasteiger partial charge is 0.342 e. The second-order valence-corrected chi connectivity index (χ2v) is 6.86. The third-order valence-corrected chi connectivity index (χ3v) is 5.28. The Morgan fingerprint density at radius 1 is 1.25 bits per heavy atom. The predicted octanol–water partition coefficient (Wildman–Crippen LogP) is 2.69. The second kappa shape index (κ2) is 5.49. The highest BCUT2D eigenvalue weighted by atomic mass is 79.9. The minimum absolute atomic E-state index is 0.215. The van der Waals surface area contributed by atoms with Crippen molar-refractivity contribution in [2.24, 2.45) is 0 Å². The van der Waals surface area contributed by atoms with E-state index in [0.29, 0.717) is 11.9 Å². The Hall–Kier alpha value is -0.870. The lowest BCUT2D eigenvalue weighted by Gasteiger charge is -2.34. The molecule has 2 fully saturated rings. The lowest BCUT2D eigenvalue weighted by atomic mass is 9.93. The summed E-state index contributed by atoms with van der Waals surface area (Å²) in [6, 6.07) is 8.83. The molecule has 0 spiro atoms. The Morgan fingerprint density at radius 2 is 1.85 bits per heavy atom. The zero-order chi connectivity index (χ0) is 14.2. The number of amides is 1. The summed E-state index contributed by atoms with van der Waals surface area (Å²) in [5, 5.41) is 3.31. The van der Waals surface area contributed by atoms with Gasteiger partial charge in [0.05, 0.1) is 5.41 Å². The third-order valence-electron chi connectivity index (χ3n) is 4.75. The van der Waals surface area contributed by atoms with Crippen LogP contribution in [0.5, 0.6) is 0 Å². The van der Waals surface area contributed by atoms with E-state index in [0.717, 1.165) is 43.2 Å². The molecule has 0 aromatic heterocycles. The van der Waals surface area contributed by atoms with Crippen LogP contribution >= 0.6 is 15.9 Å². The van der Waals surface area contributed by atoms with Crippen molar-refractivity contribution in [2.75, 3.05) is 20.1 Å². The Bertz CT molecular complexity index is 488. The molecular formula is C16H21BrN2O. The molecule has 0 atom stereocenters. The molecule has 1 saturated heterocycles. The minimum atomic E-state index is -0.215. The van der Waals surface area contributed by atoms with Crippen molar-refractivity contribution < 1.29 is 4.79 Å². The van der Waals surface area contributed by atoms with E-state index >= 15 is 0 Å². The fourth-order valence-corrected chi connectivity index (χ4v) is 3.46. The number of carbonyl (C=O) groups excluding carboxylic acids is 1. The number of hydrogen-bond acceptors (Lipinski definition) is 2. The molecular weight excluding hydrogens is 316 g/mol. The molecule has 0 radical (unpaired) electrons. The van der Waals surface area contributed by atoms with Gasteiger partial charge in [-0.2, -0.15) is 0 Å². The maximum absolute atomic E-state index is 12.9. The van der Waals surface area contributed by atoms with E-state index in [1.165, 1.54) is 5.56 Å². The van der Waals surface area contributed by atoms with Gasteiger partial charge in [-0.05, 0) is 50.4 Å². The molecule has 2 aliphatic rings. The molecule has 0 bridgehead atoms. The van der Waals surface area contributed by atoms with Crippen LogP contribution in [0.1, 0.15) is 31.2 Å². The minimum Gasteiger partial charge on any atom is -0.342 e. The van der Waals surface area contributed by atoms with E-state index in [4.69, 9.17) is 0 Å². The summed E-state index contributed by atoms with van der Waals surface area (Å²) >= 11 is 3.46. The van der Waals surface area contributed by atoms with Gasteiger partial charge >= 0.3 is 0 Å². The lowest BCUT2D eigenvalue weighted by Crippen LogP contribution is -2.47. The Morgan fingerprint density at radius 3 is 2.35 bits per heavy atom. The molecule has 1 N–H and O–H groups in total. The summed E-state index contributed by atoms with van der Waals surface area (Å²) in [5.41, 5.74) is 0.967. The quantitative estimate of drug-likeness (QED) is 0.920. The van der Waals surface area contributed by atoms with Crippen LogP contribution in [0.2, 0.25) is 0 Å². The zero-order valence-electron chi connectivity index (χ0n) is 11.9. The molecule has 0 unspecified atom stereocenters. The highest BCUT2D eigenvalue weighted by Gasteiger charge is 2.53. The van der Waals surface area contributed by atoms with Crippen LogP contribution in [0.3, 0.4) is 0 Å². The average molecular weight is 337 g/mol. The standard InChI is InChI=1S/C16H21BrN2O/c1-18-14-6-10-19(11-7-14)15(20)16(8-9-16)12-2-4-13(17)5-3-12/h2-5,14,18H,6-11H2,1H3. The monoisotopic (exact) mass is 336 g/mol. The Balaban J connectivity index is 1.72. The summed E-state index contributed by atoms with van der Waals surface area (Å²) in [6.07, 6.45) is 4.14. The summed E-state index contributed by atoms with van der Waals surface area (Å²) in [6.45, 7) is 1.78. The molecule has 1 aliphatic heterocycles. The van der Waals surface area contributed by atoms with Crippen molar-refractivity contribution in [3.63, 3.8) is 0 Å². The zero-order valence-corrected chi connectivity index (χ0v) is 13.4. The number of rotatable bonds is 3. The first-order valence-electron chi connectivity index (χ1n) is 7.38. The molecule has 1 amide bonds. The second-order valence-electron chi connectivity index (χ2n) is 5.94. The number of hydrogen-bond donors (Lipinski definition) is 1. The van der Waals surface area contributed by atoms with Crippen molar-refractivity contribution in [2.45, 2.75) is 37.1 Å². The van der Waals surface area contributed by atoms with E-state index in [1.807, 2.05) is 19.2 Å².